The van der Waals surface area contributed by atoms with E-state index >= 15 is 0 Å². The van der Waals surface area contributed by atoms with Crippen molar-refractivity contribution in [2.24, 2.45) is 0 Å². The van der Waals surface area contributed by atoms with Gasteiger partial charge >= 0.3 is 0 Å². The minimum absolute atomic E-state index is 0.999. The molecule has 0 aliphatic rings. The van der Waals surface area contributed by atoms with E-state index in [0.717, 1.165) is 25.0 Å². The molecule has 106 valence electrons. The van der Waals surface area contributed by atoms with Crippen molar-refractivity contribution in [3.63, 3.8) is 0 Å². The van der Waals surface area contributed by atoms with Crippen molar-refractivity contribution < 1.29 is 0 Å². The Bertz CT molecular complexity index is 516. The van der Waals surface area contributed by atoms with E-state index in [0.29, 0.717) is 0 Å². The maximum Gasteiger partial charge on any atom is 0.0237 e. The SMILES string of the molecule is Cc1cc(C)cc(CN(CCBr)Cc2ccccc2)c1. The minimum atomic E-state index is 0.999. The maximum absolute atomic E-state index is 3.56. The third-order valence-corrected chi connectivity index (χ3v) is 3.69. The summed E-state index contributed by atoms with van der Waals surface area (Å²) < 4.78 is 0. The van der Waals surface area contributed by atoms with Crippen LogP contribution in [0.15, 0.2) is 48.5 Å². The average molecular weight is 332 g/mol. The lowest BCUT2D eigenvalue weighted by atomic mass is 10.1. The summed E-state index contributed by atoms with van der Waals surface area (Å²) in [5.41, 5.74) is 5.47. The summed E-state index contributed by atoms with van der Waals surface area (Å²) in [5, 5.41) is 1.00. The zero-order valence-electron chi connectivity index (χ0n) is 12.3. The maximum atomic E-state index is 3.56. The molecule has 2 aromatic rings. The lowest BCUT2D eigenvalue weighted by Crippen LogP contribution is -2.24. The fraction of sp³-hybridized carbons (Fsp3) is 0.333. The van der Waals surface area contributed by atoms with Crippen LogP contribution in [0.2, 0.25) is 0 Å². The van der Waals surface area contributed by atoms with E-state index in [9.17, 15) is 0 Å². The van der Waals surface area contributed by atoms with Gasteiger partial charge in [-0.25, -0.2) is 0 Å². The van der Waals surface area contributed by atoms with Gasteiger partial charge in [0.2, 0.25) is 0 Å². The van der Waals surface area contributed by atoms with Gasteiger partial charge in [-0.2, -0.15) is 0 Å². The van der Waals surface area contributed by atoms with E-state index in [-0.39, 0.29) is 0 Å². The first kappa shape index (κ1) is 15.3. The van der Waals surface area contributed by atoms with Crippen LogP contribution < -0.4 is 0 Å². The van der Waals surface area contributed by atoms with E-state index in [1.54, 1.807) is 0 Å². The summed E-state index contributed by atoms with van der Waals surface area (Å²) in [5.74, 6) is 0. The first-order valence-electron chi connectivity index (χ1n) is 7.07. The fourth-order valence-electron chi connectivity index (χ4n) is 2.59. The summed E-state index contributed by atoms with van der Waals surface area (Å²) in [4.78, 5) is 2.48. The zero-order valence-corrected chi connectivity index (χ0v) is 13.9. The van der Waals surface area contributed by atoms with Crippen LogP contribution >= 0.6 is 15.9 Å². The van der Waals surface area contributed by atoms with Crippen LogP contribution in [0, 0.1) is 13.8 Å². The standard InChI is InChI=1S/C18H22BrN/c1-15-10-16(2)12-18(11-15)14-20(9-8-19)13-17-6-4-3-5-7-17/h3-7,10-12H,8-9,13-14H2,1-2H3. The highest BCUT2D eigenvalue weighted by atomic mass is 79.9. The van der Waals surface area contributed by atoms with Crippen LogP contribution in [0.5, 0.6) is 0 Å². The van der Waals surface area contributed by atoms with Gasteiger partial charge in [0.1, 0.15) is 0 Å². The molecule has 0 heterocycles. The molecular weight excluding hydrogens is 310 g/mol. The first-order chi connectivity index (χ1) is 9.67. The van der Waals surface area contributed by atoms with Crippen molar-refractivity contribution in [2.75, 3.05) is 11.9 Å². The summed E-state index contributed by atoms with van der Waals surface area (Å²) in [6.07, 6.45) is 0. The Morgan fingerprint density at radius 2 is 1.45 bits per heavy atom. The van der Waals surface area contributed by atoms with Crippen LogP contribution in [0.25, 0.3) is 0 Å². The largest absolute Gasteiger partial charge is 0.294 e. The number of benzene rings is 2. The highest BCUT2D eigenvalue weighted by Gasteiger charge is 2.07. The highest BCUT2D eigenvalue weighted by molar-refractivity contribution is 9.09. The molecule has 2 heteroatoms. The molecule has 0 saturated carbocycles. The van der Waals surface area contributed by atoms with Gasteiger partial charge in [-0.3, -0.25) is 4.90 Å². The van der Waals surface area contributed by atoms with E-state index in [4.69, 9.17) is 0 Å². The van der Waals surface area contributed by atoms with Gasteiger partial charge in [0.05, 0.1) is 0 Å². The normalized spacial score (nSPS) is 11.0. The van der Waals surface area contributed by atoms with Crippen molar-refractivity contribution in [2.45, 2.75) is 26.9 Å². The van der Waals surface area contributed by atoms with Crippen LogP contribution in [0.1, 0.15) is 22.3 Å². The third kappa shape index (κ3) is 4.77. The van der Waals surface area contributed by atoms with Gasteiger partial charge in [-0.15, -0.1) is 0 Å². The van der Waals surface area contributed by atoms with E-state index < -0.39 is 0 Å². The smallest absolute Gasteiger partial charge is 0.0237 e. The molecule has 0 aliphatic heterocycles. The molecule has 0 atom stereocenters. The molecule has 0 fully saturated rings. The molecule has 1 nitrogen and oxygen atoms in total. The average Bonchev–Trinajstić information content (AvgIpc) is 2.39. The van der Waals surface area contributed by atoms with E-state index in [1.165, 1.54) is 22.3 Å². The van der Waals surface area contributed by atoms with Crippen LogP contribution in [0.3, 0.4) is 0 Å². The Balaban J connectivity index is 2.08. The van der Waals surface area contributed by atoms with Crippen molar-refractivity contribution in [1.29, 1.82) is 0 Å². The lowest BCUT2D eigenvalue weighted by molar-refractivity contribution is 0.274. The van der Waals surface area contributed by atoms with E-state index in [1.807, 2.05) is 0 Å². The molecule has 2 aromatic carbocycles. The predicted molar refractivity (Wildman–Crippen MR) is 90.3 cm³/mol. The number of aryl methyl sites for hydroxylation is 2. The third-order valence-electron chi connectivity index (χ3n) is 3.34. The quantitative estimate of drug-likeness (QED) is 0.693. The number of halogens is 1. The van der Waals surface area contributed by atoms with Crippen LogP contribution in [-0.2, 0) is 13.1 Å². The van der Waals surface area contributed by atoms with Gasteiger partial charge < -0.3 is 0 Å². The van der Waals surface area contributed by atoms with Crippen LogP contribution in [0.4, 0.5) is 0 Å². The number of hydrogen-bond donors (Lipinski definition) is 0. The van der Waals surface area contributed by atoms with Gasteiger partial charge in [-0.1, -0.05) is 75.6 Å². The first-order valence-corrected chi connectivity index (χ1v) is 8.19. The molecule has 0 amide bonds. The summed E-state index contributed by atoms with van der Waals surface area (Å²) in [6, 6.07) is 17.5. The van der Waals surface area contributed by atoms with Gasteiger partial charge in [0, 0.05) is 25.0 Å². The molecule has 0 aliphatic carbocycles. The molecule has 0 saturated heterocycles. The molecule has 0 aromatic heterocycles. The minimum Gasteiger partial charge on any atom is -0.294 e. The van der Waals surface area contributed by atoms with E-state index in [2.05, 4.69) is 83.2 Å². The lowest BCUT2D eigenvalue weighted by Gasteiger charge is -2.22. The summed E-state index contributed by atoms with van der Waals surface area (Å²) >= 11 is 3.56. The van der Waals surface area contributed by atoms with Crippen molar-refractivity contribution in [3.05, 3.63) is 70.8 Å². The Morgan fingerprint density at radius 1 is 0.850 bits per heavy atom. The molecular formula is C18H22BrN. The highest BCUT2D eigenvalue weighted by Crippen LogP contribution is 2.14. The molecule has 2 rings (SSSR count). The topological polar surface area (TPSA) is 3.24 Å². The zero-order chi connectivity index (χ0) is 14.4. The Labute approximate surface area is 130 Å². The molecule has 0 N–H and O–H groups in total. The molecule has 0 bridgehead atoms. The molecule has 0 radical (unpaired) electrons. The van der Waals surface area contributed by atoms with Crippen molar-refractivity contribution in [1.82, 2.24) is 4.90 Å². The Hall–Kier alpha value is -1.12. The predicted octanol–water partition coefficient (Wildman–Crippen LogP) is 4.70. The van der Waals surface area contributed by atoms with Gasteiger partial charge in [0.15, 0.2) is 0 Å². The van der Waals surface area contributed by atoms with Crippen LogP contribution in [-0.4, -0.2) is 16.8 Å². The summed E-state index contributed by atoms with van der Waals surface area (Å²) in [7, 11) is 0. The molecule has 20 heavy (non-hydrogen) atoms. The Kier molecular flexibility index (Phi) is 5.81. The van der Waals surface area contributed by atoms with Gasteiger partial charge in [-0.05, 0) is 25.0 Å². The summed E-state index contributed by atoms with van der Waals surface area (Å²) in [6.45, 7) is 7.40. The second-order valence-electron chi connectivity index (χ2n) is 5.38. The number of alkyl halides is 1. The fourth-order valence-corrected chi connectivity index (χ4v) is 3.10. The molecule has 0 spiro atoms. The Morgan fingerprint density at radius 3 is 2.05 bits per heavy atom. The van der Waals surface area contributed by atoms with Crippen molar-refractivity contribution in [3.8, 4) is 0 Å². The number of rotatable bonds is 6. The van der Waals surface area contributed by atoms with Crippen molar-refractivity contribution >= 4 is 15.9 Å². The molecule has 0 unspecified atom stereocenters. The number of nitrogens with zero attached hydrogens (tertiary/aromatic N) is 1. The number of hydrogen-bond acceptors (Lipinski definition) is 1. The van der Waals surface area contributed by atoms with Gasteiger partial charge in [0.25, 0.3) is 0 Å². The second kappa shape index (κ2) is 7.61. The monoisotopic (exact) mass is 331 g/mol. The second-order valence-corrected chi connectivity index (χ2v) is 6.17.